The highest BCUT2D eigenvalue weighted by atomic mass is 79.9. The largest absolute Gasteiger partial charge is 0.478 e. The molecular weight excluding hydrogens is 360 g/mol. The van der Waals surface area contributed by atoms with Crippen molar-refractivity contribution < 1.29 is 14.8 Å². The molecule has 0 fully saturated rings. The summed E-state index contributed by atoms with van der Waals surface area (Å²) >= 11 is 4.90. The lowest BCUT2D eigenvalue weighted by Crippen LogP contribution is -2.06. The molecule has 6 nitrogen and oxygen atoms in total. The number of rotatable bonds is 5. The van der Waals surface area contributed by atoms with Crippen LogP contribution in [0.5, 0.6) is 0 Å². The Hall–Kier alpha value is -1.93. The minimum Gasteiger partial charge on any atom is -0.478 e. The molecule has 0 amide bonds. The van der Waals surface area contributed by atoms with E-state index in [4.69, 9.17) is 5.11 Å². The number of carboxylic acid groups (broad SMARTS) is 1. The summed E-state index contributed by atoms with van der Waals surface area (Å²) in [5.74, 6) is -1.19. The fourth-order valence-electron chi connectivity index (χ4n) is 1.82. The summed E-state index contributed by atoms with van der Waals surface area (Å²) in [6, 6.07) is 6.31. The highest BCUT2D eigenvalue weighted by Crippen LogP contribution is 2.29. The molecule has 1 heterocycles. The monoisotopic (exact) mass is 370 g/mol. The zero-order chi connectivity index (χ0) is 15.6. The van der Waals surface area contributed by atoms with Gasteiger partial charge in [-0.2, -0.15) is 0 Å². The zero-order valence-electron chi connectivity index (χ0n) is 10.9. The number of nitrogens with zero attached hydrogens (tertiary/aromatic N) is 1. The van der Waals surface area contributed by atoms with Gasteiger partial charge in [-0.3, -0.25) is 10.1 Å². The lowest BCUT2D eigenvalue weighted by molar-refractivity contribution is -0.385. The highest BCUT2D eigenvalue weighted by Gasteiger charge is 2.19. The van der Waals surface area contributed by atoms with Gasteiger partial charge in [0.2, 0.25) is 0 Å². The Labute approximate surface area is 132 Å². The minimum atomic E-state index is -1.19. The Morgan fingerprint density at radius 1 is 1.48 bits per heavy atom. The molecule has 1 aromatic heterocycles. The number of anilines is 1. The number of nitrogens with one attached hydrogen (secondary N) is 1. The molecule has 110 valence electrons. The molecule has 2 aromatic rings. The predicted octanol–water partition coefficient (Wildman–Crippen LogP) is 4.04. The van der Waals surface area contributed by atoms with E-state index in [0.29, 0.717) is 17.8 Å². The first-order chi connectivity index (χ1) is 9.88. The smallest absolute Gasteiger partial charge is 0.336 e. The van der Waals surface area contributed by atoms with E-state index in [-0.39, 0.29) is 11.3 Å². The summed E-state index contributed by atoms with van der Waals surface area (Å²) < 4.78 is 0.987. The Bertz CT molecular complexity index is 714. The van der Waals surface area contributed by atoms with E-state index in [1.165, 1.54) is 17.4 Å². The van der Waals surface area contributed by atoms with E-state index in [9.17, 15) is 14.9 Å². The molecule has 21 heavy (non-hydrogen) atoms. The molecule has 0 saturated heterocycles. The van der Waals surface area contributed by atoms with E-state index in [1.807, 2.05) is 12.1 Å². The normalized spacial score (nSPS) is 10.4. The van der Waals surface area contributed by atoms with Crippen molar-refractivity contribution >= 4 is 44.6 Å². The van der Waals surface area contributed by atoms with Gasteiger partial charge >= 0.3 is 5.97 Å². The van der Waals surface area contributed by atoms with Crippen molar-refractivity contribution in [3.63, 3.8) is 0 Å². The fourth-order valence-corrected chi connectivity index (χ4v) is 3.25. The summed E-state index contributed by atoms with van der Waals surface area (Å²) in [6.07, 6.45) is 0. The average Bonchev–Trinajstić information content (AvgIpc) is 2.82. The maximum absolute atomic E-state index is 11.1. The van der Waals surface area contributed by atoms with Crippen LogP contribution in [0.2, 0.25) is 0 Å². The zero-order valence-corrected chi connectivity index (χ0v) is 13.3. The first-order valence-corrected chi connectivity index (χ1v) is 7.50. The quantitative estimate of drug-likeness (QED) is 0.611. The van der Waals surface area contributed by atoms with Gasteiger partial charge in [0.05, 0.1) is 14.3 Å². The summed E-state index contributed by atoms with van der Waals surface area (Å²) in [4.78, 5) is 22.5. The molecule has 0 saturated carbocycles. The molecule has 0 aliphatic rings. The number of nitro groups is 1. The highest BCUT2D eigenvalue weighted by molar-refractivity contribution is 9.11. The second-order valence-corrected chi connectivity index (χ2v) is 6.84. The van der Waals surface area contributed by atoms with Crippen LogP contribution >= 0.6 is 27.3 Å². The number of halogens is 1. The maximum atomic E-state index is 11.1. The van der Waals surface area contributed by atoms with Crippen LogP contribution in [0.4, 0.5) is 11.4 Å². The van der Waals surface area contributed by atoms with Gasteiger partial charge in [0.25, 0.3) is 5.69 Å². The molecule has 0 spiro atoms. The van der Waals surface area contributed by atoms with Crippen LogP contribution in [0.15, 0.2) is 28.1 Å². The van der Waals surface area contributed by atoms with Crippen molar-refractivity contribution in [1.29, 1.82) is 0 Å². The van der Waals surface area contributed by atoms with E-state index in [2.05, 4.69) is 21.2 Å². The van der Waals surface area contributed by atoms with Crippen molar-refractivity contribution in [3.05, 3.63) is 54.2 Å². The Kier molecular flexibility index (Phi) is 4.59. The molecule has 0 radical (unpaired) electrons. The number of aromatic carboxylic acids is 1. The topological polar surface area (TPSA) is 92.5 Å². The van der Waals surface area contributed by atoms with Crippen LogP contribution in [0.1, 0.15) is 20.8 Å². The van der Waals surface area contributed by atoms with Crippen molar-refractivity contribution in [3.8, 4) is 0 Å². The molecule has 0 aliphatic heterocycles. The average molecular weight is 371 g/mol. The molecule has 2 N–H and O–H groups in total. The van der Waals surface area contributed by atoms with E-state index in [0.717, 1.165) is 14.7 Å². The number of thiophene rings is 1. The summed E-state index contributed by atoms with van der Waals surface area (Å²) in [6.45, 7) is 2.06. The predicted molar refractivity (Wildman–Crippen MR) is 84.1 cm³/mol. The lowest BCUT2D eigenvalue weighted by atomic mass is 10.1. The molecule has 8 heteroatoms. The van der Waals surface area contributed by atoms with Gasteiger partial charge in [-0.05, 0) is 41.1 Å². The van der Waals surface area contributed by atoms with Crippen LogP contribution in [0, 0.1) is 17.0 Å². The van der Waals surface area contributed by atoms with Gasteiger partial charge in [0.1, 0.15) is 0 Å². The molecule has 2 rings (SSSR count). The minimum absolute atomic E-state index is 0.109. The summed E-state index contributed by atoms with van der Waals surface area (Å²) in [5, 5.41) is 23.1. The van der Waals surface area contributed by atoms with Gasteiger partial charge < -0.3 is 10.4 Å². The van der Waals surface area contributed by atoms with Crippen LogP contribution in [0.3, 0.4) is 0 Å². The number of hydrogen-bond donors (Lipinski definition) is 2. The first kappa shape index (κ1) is 15.5. The van der Waals surface area contributed by atoms with Crippen molar-refractivity contribution in [1.82, 2.24) is 0 Å². The number of nitro benzene ring substituents is 1. The van der Waals surface area contributed by atoms with Crippen LogP contribution < -0.4 is 5.32 Å². The van der Waals surface area contributed by atoms with E-state index < -0.39 is 10.9 Å². The SMILES string of the molecule is Cc1c(NCc2ccc(Br)s2)cc(C(=O)O)cc1[N+](=O)[O-]. The van der Waals surface area contributed by atoms with Crippen LogP contribution in [0.25, 0.3) is 0 Å². The van der Waals surface area contributed by atoms with Gasteiger partial charge in [0.15, 0.2) is 0 Å². The second kappa shape index (κ2) is 6.23. The maximum Gasteiger partial charge on any atom is 0.336 e. The Morgan fingerprint density at radius 3 is 2.71 bits per heavy atom. The molecule has 0 atom stereocenters. The summed E-state index contributed by atoms with van der Waals surface area (Å²) in [7, 11) is 0. The second-order valence-electron chi connectivity index (χ2n) is 4.29. The number of carbonyl (C=O) groups is 1. The summed E-state index contributed by atoms with van der Waals surface area (Å²) in [5.41, 5.74) is 0.554. The van der Waals surface area contributed by atoms with Crippen LogP contribution in [-0.2, 0) is 6.54 Å². The first-order valence-electron chi connectivity index (χ1n) is 5.89. The molecular formula is C13H11BrN2O4S. The van der Waals surface area contributed by atoms with Crippen LogP contribution in [-0.4, -0.2) is 16.0 Å². The third-order valence-corrected chi connectivity index (χ3v) is 4.53. The van der Waals surface area contributed by atoms with Gasteiger partial charge in [-0.15, -0.1) is 11.3 Å². The Morgan fingerprint density at radius 2 is 2.19 bits per heavy atom. The molecule has 1 aromatic carbocycles. The van der Waals surface area contributed by atoms with Crippen molar-refractivity contribution in [2.75, 3.05) is 5.32 Å². The van der Waals surface area contributed by atoms with E-state index in [1.54, 1.807) is 6.92 Å². The van der Waals surface area contributed by atoms with Crippen molar-refractivity contribution in [2.45, 2.75) is 13.5 Å². The molecule has 0 aliphatic carbocycles. The third kappa shape index (κ3) is 3.59. The number of hydrogen-bond acceptors (Lipinski definition) is 5. The fraction of sp³-hybridized carbons (Fsp3) is 0.154. The van der Waals surface area contributed by atoms with Gasteiger partial charge in [-0.25, -0.2) is 4.79 Å². The van der Waals surface area contributed by atoms with Gasteiger partial charge in [0, 0.05) is 28.7 Å². The van der Waals surface area contributed by atoms with Crippen molar-refractivity contribution in [2.24, 2.45) is 0 Å². The molecule has 0 unspecified atom stereocenters. The Balaban J connectivity index is 2.32. The standard InChI is InChI=1S/C13H11BrN2O4S/c1-7-10(15-6-9-2-3-12(14)21-9)4-8(13(17)18)5-11(7)16(19)20/h2-5,15H,6H2,1H3,(H,17,18). The lowest BCUT2D eigenvalue weighted by Gasteiger charge is -2.10. The number of benzene rings is 1. The van der Waals surface area contributed by atoms with Gasteiger partial charge in [-0.1, -0.05) is 0 Å². The third-order valence-electron chi connectivity index (χ3n) is 2.91. The molecule has 0 bridgehead atoms. The van der Waals surface area contributed by atoms with E-state index >= 15 is 0 Å². The number of carboxylic acids is 1.